The lowest BCUT2D eigenvalue weighted by Crippen LogP contribution is -2.22. The molecule has 0 spiro atoms. The maximum absolute atomic E-state index is 12.8. The van der Waals surface area contributed by atoms with Crippen molar-refractivity contribution in [1.29, 1.82) is 0 Å². The van der Waals surface area contributed by atoms with E-state index in [1.807, 2.05) is 19.1 Å². The fourth-order valence-corrected chi connectivity index (χ4v) is 2.03. The van der Waals surface area contributed by atoms with Crippen LogP contribution in [0, 0.1) is 5.82 Å². The molecule has 0 aliphatic heterocycles. The number of hydrogen-bond acceptors (Lipinski definition) is 2. The predicted octanol–water partition coefficient (Wildman–Crippen LogP) is 4.83. The average Bonchev–Trinajstić information content (AvgIpc) is 2.47. The van der Waals surface area contributed by atoms with Crippen LogP contribution in [0.3, 0.4) is 0 Å². The van der Waals surface area contributed by atoms with Gasteiger partial charge in [0, 0.05) is 5.69 Å². The number of hydrogen-bond donors (Lipinski definition) is 1. The third-order valence-electron chi connectivity index (χ3n) is 3.32. The quantitative estimate of drug-likeness (QED) is 0.821. The molecule has 2 aromatic carbocycles. The number of nitrogens with one attached hydrogen (secondary N) is 1. The summed E-state index contributed by atoms with van der Waals surface area (Å²) >= 11 is 0. The molecule has 0 amide bonds. The standard InChI is InChI=1S/C18H22FNO/c1-13(2)15-4-10-18(11-5-15)21-14(3)12-20-17-8-6-16(19)7-9-17/h4-11,13-14,20H,12H2,1-3H3. The SMILES string of the molecule is CC(CNc1ccc(F)cc1)Oc1ccc(C(C)C)cc1. The first-order chi connectivity index (χ1) is 10.0. The van der Waals surface area contributed by atoms with Crippen molar-refractivity contribution >= 4 is 5.69 Å². The molecule has 112 valence electrons. The lowest BCUT2D eigenvalue weighted by Gasteiger charge is -2.17. The summed E-state index contributed by atoms with van der Waals surface area (Å²) in [6, 6.07) is 14.5. The highest BCUT2D eigenvalue weighted by atomic mass is 19.1. The van der Waals surface area contributed by atoms with Crippen LogP contribution in [0.15, 0.2) is 48.5 Å². The summed E-state index contributed by atoms with van der Waals surface area (Å²) in [5, 5.41) is 3.23. The molecular weight excluding hydrogens is 265 g/mol. The maximum atomic E-state index is 12.8. The van der Waals surface area contributed by atoms with Crippen LogP contribution in [0.1, 0.15) is 32.3 Å². The molecule has 1 unspecified atom stereocenters. The van der Waals surface area contributed by atoms with Gasteiger partial charge in [0.05, 0.1) is 6.54 Å². The Labute approximate surface area is 126 Å². The van der Waals surface area contributed by atoms with Crippen LogP contribution in [0.25, 0.3) is 0 Å². The molecular formula is C18H22FNO. The Morgan fingerprint density at radius 2 is 1.57 bits per heavy atom. The van der Waals surface area contributed by atoms with Gasteiger partial charge in [0.2, 0.25) is 0 Å². The van der Waals surface area contributed by atoms with E-state index in [9.17, 15) is 4.39 Å². The number of anilines is 1. The molecule has 0 aliphatic rings. The fourth-order valence-electron chi connectivity index (χ4n) is 2.03. The summed E-state index contributed by atoms with van der Waals surface area (Å²) in [6.45, 7) is 7.01. The summed E-state index contributed by atoms with van der Waals surface area (Å²) < 4.78 is 18.7. The van der Waals surface area contributed by atoms with Crippen LogP contribution < -0.4 is 10.1 Å². The molecule has 0 heterocycles. The van der Waals surface area contributed by atoms with E-state index in [4.69, 9.17) is 4.74 Å². The van der Waals surface area contributed by atoms with E-state index in [2.05, 4.69) is 31.3 Å². The Balaban J connectivity index is 1.83. The van der Waals surface area contributed by atoms with Crippen molar-refractivity contribution in [2.45, 2.75) is 32.8 Å². The molecule has 2 nitrogen and oxygen atoms in total. The van der Waals surface area contributed by atoms with E-state index in [0.29, 0.717) is 12.5 Å². The fraction of sp³-hybridized carbons (Fsp3) is 0.333. The molecule has 2 aromatic rings. The van der Waals surface area contributed by atoms with Gasteiger partial charge < -0.3 is 10.1 Å². The average molecular weight is 287 g/mol. The zero-order valence-electron chi connectivity index (χ0n) is 12.8. The van der Waals surface area contributed by atoms with E-state index in [0.717, 1.165) is 11.4 Å². The van der Waals surface area contributed by atoms with Gasteiger partial charge >= 0.3 is 0 Å². The second kappa shape index (κ2) is 7.11. The monoisotopic (exact) mass is 287 g/mol. The third-order valence-corrected chi connectivity index (χ3v) is 3.32. The van der Waals surface area contributed by atoms with E-state index < -0.39 is 0 Å². The predicted molar refractivity (Wildman–Crippen MR) is 85.5 cm³/mol. The lowest BCUT2D eigenvalue weighted by atomic mass is 10.0. The van der Waals surface area contributed by atoms with Gasteiger partial charge in [0.1, 0.15) is 17.7 Å². The summed E-state index contributed by atoms with van der Waals surface area (Å²) in [5.74, 6) is 1.17. The van der Waals surface area contributed by atoms with Crippen molar-refractivity contribution in [2.24, 2.45) is 0 Å². The molecule has 0 aliphatic carbocycles. The van der Waals surface area contributed by atoms with Crippen molar-refractivity contribution < 1.29 is 9.13 Å². The Morgan fingerprint density at radius 3 is 2.14 bits per heavy atom. The number of halogens is 1. The topological polar surface area (TPSA) is 21.3 Å². The molecule has 0 saturated carbocycles. The Bertz CT molecular complexity index is 548. The van der Waals surface area contributed by atoms with Gasteiger partial charge in [-0.15, -0.1) is 0 Å². The summed E-state index contributed by atoms with van der Waals surface area (Å²) in [6.07, 6.45) is 0.0277. The second-order valence-corrected chi connectivity index (χ2v) is 5.54. The van der Waals surface area contributed by atoms with Gasteiger partial charge in [-0.3, -0.25) is 0 Å². The third kappa shape index (κ3) is 4.78. The highest BCUT2D eigenvalue weighted by Crippen LogP contribution is 2.19. The van der Waals surface area contributed by atoms with Crippen molar-refractivity contribution in [3.63, 3.8) is 0 Å². The van der Waals surface area contributed by atoms with E-state index in [1.54, 1.807) is 12.1 Å². The van der Waals surface area contributed by atoms with Gasteiger partial charge in [-0.1, -0.05) is 26.0 Å². The number of rotatable bonds is 6. The van der Waals surface area contributed by atoms with Crippen LogP contribution >= 0.6 is 0 Å². The zero-order chi connectivity index (χ0) is 15.2. The normalized spacial score (nSPS) is 12.2. The minimum absolute atomic E-state index is 0.0277. The Kier molecular flexibility index (Phi) is 5.20. The first-order valence-corrected chi connectivity index (χ1v) is 7.30. The van der Waals surface area contributed by atoms with Gasteiger partial charge in [0.25, 0.3) is 0 Å². The molecule has 2 rings (SSSR count). The van der Waals surface area contributed by atoms with Crippen molar-refractivity contribution in [3.05, 3.63) is 59.9 Å². The first-order valence-electron chi connectivity index (χ1n) is 7.30. The van der Waals surface area contributed by atoms with Crippen molar-refractivity contribution in [1.82, 2.24) is 0 Å². The molecule has 3 heteroatoms. The maximum Gasteiger partial charge on any atom is 0.123 e. The highest BCUT2D eigenvalue weighted by Gasteiger charge is 2.05. The van der Waals surface area contributed by atoms with Crippen molar-refractivity contribution in [3.8, 4) is 5.75 Å². The Hall–Kier alpha value is -2.03. The smallest absolute Gasteiger partial charge is 0.123 e. The minimum atomic E-state index is -0.227. The highest BCUT2D eigenvalue weighted by molar-refractivity contribution is 5.42. The Morgan fingerprint density at radius 1 is 0.952 bits per heavy atom. The largest absolute Gasteiger partial charge is 0.489 e. The summed E-state index contributed by atoms with van der Waals surface area (Å²) in [5.41, 5.74) is 2.20. The van der Waals surface area contributed by atoms with Gasteiger partial charge in [-0.05, 0) is 54.8 Å². The van der Waals surface area contributed by atoms with Crippen LogP contribution in [0.2, 0.25) is 0 Å². The van der Waals surface area contributed by atoms with E-state index in [1.165, 1.54) is 17.7 Å². The molecule has 0 radical (unpaired) electrons. The number of ether oxygens (including phenoxy) is 1. The summed E-state index contributed by atoms with van der Waals surface area (Å²) in [4.78, 5) is 0. The van der Waals surface area contributed by atoms with Gasteiger partial charge in [-0.25, -0.2) is 4.39 Å². The number of benzene rings is 2. The minimum Gasteiger partial charge on any atom is -0.489 e. The van der Waals surface area contributed by atoms with Gasteiger partial charge in [0.15, 0.2) is 0 Å². The van der Waals surface area contributed by atoms with E-state index in [-0.39, 0.29) is 11.9 Å². The second-order valence-electron chi connectivity index (χ2n) is 5.54. The van der Waals surface area contributed by atoms with Crippen LogP contribution in [-0.4, -0.2) is 12.6 Å². The van der Waals surface area contributed by atoms with Crippen LogP contribution in [-0.2, 0) is 0 Å². The molecule has 0 aromatic heterocycles. The molecule has 21 heavy (non-hydrogen) atoms. The van der Waals surface area contributed by atoms with Crippen LogP contribution in [0.5, 0.6) is 5.75 Å². The van der Waals surface area contributed by atoms with Crippen molar-refractivity contribution in [2.75, 3.05) is 11.9 Å². The lowest BCUT2D eigenvalue weighted by molar-refractivity contribution is 0.234. The first kappa shape index (κ1) is 15.4. The molecule has 1 N–H and O–H groups in total. The molecule has 1 atom stereocenters. The molecule has 0 bridgehead atoms. The summed E-state index contributed by atoms with van der Waals surface area (Å²) in [7, 11) is 0. The van der Waals surface area contributed by atoms with Crippen LogP contribution in [0.4, 0.5) is 10.1 Å². The van der Waals surface area contributed by atoms with E-state index >= 15 is 0 Å². The van der Waals surface area contributed by atoms with Gasteiger partial charge in [-0.2, -0.15) is 0 Å². The molecule has 0 saturated heterocycles. The molecule has 0 fully saturated rings. The zero-order valence-corrected chi connectivity index (χ0v) is 12.8.